The number of ketones is 1. The van der Waals surface area contributed by atoms with Crippen molar-refractivity contribution in [2.75, 3.05) is 0 Å². The van der Waals surface area contributed by atoms with E-state index >= 15 is 0 Å². The van der Waals surface area contributed by atoms with Crippen molar-refractivity contribution in [2.45, 2.75) is 26.3 Å². The minimum Gasteiger partial charge on any atom is -0.346 e. The largest absolute Gasteiger partial charge is 0.346 e. The summed E-state index contributed by atoms with van der Waals surface area (Å²) in [5, 5.41) is 2.60. The van der Waals surface area contributed by atoms with Gasteiger partial charge in [0, 0.05) is 32.8 Å². The molecule has 1 aromatic rings. The standard InChI is InChI=1S/C10H15N3O2/c1-7(14)9(12-8(2)15)6-10-11-4-5-13(10)3/h4-5,9H,6H2,1-3H3,(H,12,15). The molecule has 1 N–H and O–H groups in total. The molecule has 1 unspecified atom stereocenters. The minimum atomic E-state index is -0.483. The fourth-order valence-corrected chi connectivity index (χ4v) is 1.32. The number of aryl methyl sites for hydroxylation is 1. The molecule has 0 spiro atoms. The molecule has 5 heteroatoms. The van der Waals surface area contributed by atoms with Gasteiger partial charge in [-0.2, -0.15) is 0 Å². The van der Waals surface area contributed by atoms with Gasteiger partial charge in [0.1, 0.15) is 5.82 Å². The van der Waals surface area contributed by atoms with Crippen LogP contribution in [0.5, 0.6) is 0 Å². The van der Waals surface area contributed by atoms with Crippen molar-refractivity contribution in [1.82, 2.24) is 14.9 Å². The molecule has 0 radical (unpaired) electrons. The molecule has 1 heterocycles. The lowest BCUT2D eigenvalue weighted by Gasteiger charge is -2.14. The molecule has 82 valence electrons. The summed E-state index contributed by atoms with van der Waals surface area (Å²) in [5.41, 5.74) is 0. The van der Waals surface area contributed by atoms with Crippen molar-refractivity contribution in [3.05, 3.63) is 18.2 Å². The molecule has 5 nitrogen and oxygen atoms in total. The third-order valence-corrected chi connectivity index (χ3v) is 2.18. The normalized spacial score (nSPS) is 12.2. The Balaban J connectivity index is 2.71. The second kappa shape index (κ2) is 4.72. The van der Waals surface area contributed by atoms with Gasteiger partial charge in [-0.1, -0.05) is 0 Å². The zero-order valence-corrected chi connectivity index (χ0v) is 9.15. The Kier molecular flexibility index (Phi) is 3.60. The summed E-state index contributed by atoms with van der Waals surface area (Å²) in [5.74, 6) is 0.515. The van der Waals surface area contributed by atoms with Gasteiger partial charge in [0.05, 0.1) is 6.04 Å². The topological polar surface area (TPSA) is 64.0 Å². The number of nitrogens with one attached hydrogen (secondary N) is 1. The number of Topliss-reactive ketones (excluding diaryl/α,β-unsaturated/α-hetero) is 1. The maximum absolute atomic E-state index is 11.3. The van der Waals surface area contributed by atoms with E-state index < -0.39 is 6.04 Å². The number of hydrogen-bond acceptors (Lipinski definition) is 3. The highest BCUT2D eigenvalue weighted by Crippen LogP contribution is 2.01. The van der Waals surface area contributed by atoms with Crippen molar-refractivity contribution in [3.63, 3.8) is 0 Å². The zero-order valence-electron chi connectivity index (χ0n) is 9.15. The van der Waals surface area contributed by atoms with Crippen LogP contribution in [0.1, 0.15) is 19.7 Å². The molecule has 0 bridgehead atoms. The molecular weight excluding hydrogens is 194 g/mol. The smallest absolute Gasteiger partial charge is 0.217 e. The Morgan fingerprint density at radius 2 is 2.20 bits per heavy atom. The second-order valence-electron chi connectivity index (χ2n) is 3.52. The summed E-state index contributed by atoms with van der Waals surface area (Å²) in [4.78, 5) is 26.3. The van der Waals surface area contributed by atoms with Crippen LogP contribution < -0.4 is 5.32 Å². The molecule has 0 saturated carbocycles. The fraction of sp³-hybridized carbons (Fsp3) is 0.500. The van der Waals surface area contributed by atoms with Gasteiger partial charge in [0.15, 0.2) is 5.78 Å². The molecule has 0 aliphatic carbocycles. The van der Waals surface area contributed by atoms with Crippen molar-refractivity contribution in [1.29, 1.82) is 0 Å². The van der Waals surface area contributed by atoms with Gasteiger partial charge in [0.2, 0.25) is 5.91 Å². The average Bonchev–Trinajstić information content (AvgIpc) is 2.50. The lowest BCUT2D eigenvalue weighted by molar-refractivity contribution is -0.125. The lowest BCUT2D eigenvalue weighted by Crippen LogP contribution is -2.40. The lowest BCUT2D eigenvalue weighted by atomic mass is 10.1. The molecule has 0 saturated heterocycles. The van der Waals surface area contributed by atoms with Gasteiger partial charge in [0.25, 0.3) is 0 Å². The monoisotopic (exact) mass is 209 g/mol. The predicted molar refractivity (Wildman–Crippen MR) is 55.2 cm³/mol. The molecule has 1 atom stereocenters. The quantitative estimate of drug-likeness (QED) is 0.762. The SMILES string of the molecule is CC(=O)NC(Cc1nccn1C)C(C)=O. The first kappa shape index (κ1) is 11.4. The highest BCUT2D eigenvalue weighted by atomic mass is 16.2. The average molecular weight is 209 g/mol. The highest BCUT2D eigenvalue weighted by Gasteiger charge is 2.17. The number of aromatic nitrogens is 2. The van der Waals surface area contributed by atoms with Crippen LogP contribution in [-0.4, -0.2) is 27.3 Å². The molecule has 0 aromatic carbocycles. The van der Waals surface area contributed by atoms with Crippen molar-refractivity contribution >= 4 is 11.7 Å². The van der Waals surface area contributed by atoms with Crippen LogP contribution in [0.4, 0.5) is 0 Å². The number of imidazole rings is 1. The summed E-state index contributed by atoms with van der Waals surface area (Å²) < 4.78 is 1.83. The number of carbonyl (C=O) groups excluding carboxylic acids is 2. The first-order valence-corrected chi connectivity index (χ1v) is 4.74. The minimum absolute atomic E-state index is 0.0619. The van der Waals surface area contributed by atoms with Crippen LogP contribution in [-0.2, 0) is 23.1 Å². The van der Waals surface area contributed by atoms with E-state index in [0.717, 1.165) is 5.82 Å². The molecule has 0 fully saturated rings. The Morgan fingerprint density at radius 1 is 1.53 bits per heavy atom. The molecule has 1 aromatic heterocycles. The summed E-state index contributed by atoms with van der Waals surface area (Å²) in [6.07, 6.45) is 3.90. The molecule has 1 rings (SSSR count). The molecular formula is C10H15N3O2. The molecule has 15 heavy (non-hydrogen) atoms. The van der Waals surface area contributed by atoms with E-state index in [2.05, 4.69) is 10.3 Å². The summed E-state index contributed by atoms with van der Waals surface area (Å²) in [6, 6.07) is -0.483. The Labute approximate surface area is 88.5 Å². The maximum Gasteiger partial charge on any atom is 0.217 e. The van der Waals surface area contributed by atoms with E-state index in [4.69, 9.17) is 0 Å². The number of nitrogens with zero attached hydrogens (tertiary/aromatic N) is 2. The second-order valence-corrected chi connectivity index (χ2v) is 3.52. The van der Waals surface area contributed by atoms with E-state index in [1.54, 1.807) is 12.4 Å². The number of rotatable bonds is 4. The van der Waals surface area contributed by atoms with Crippen LogP contribution in [0.2, 0.25) is 0 Å². The zero-order chi connectivity index (χ0) is 11.4. The van der Waals surface area contributed by atoms with E-state index in [1.165, 1.54) is 13.8 Å². The summed E-state index contributed by atoms with van der Waals surface area (Å²) in [7, 11) is 1.85. The van der Waals surface area contributed by atoms with Gasteiger partial charge in [-0.15, -0.1) is 0 Å². The highest BCUT2D eigenvalue weighted by molar-refractivity contribution is 5.86. The first-order chi connectivity index (χ1) is 7.00. The molecule has 0 aliphatic rings. The fourth-order valence-electron chi connectivity index (χ4n) is 1.32. The van der Waals surface area contributed by atoms with Crippen molar-refractivity contribution in [3.8, 4) is 0 Å². The van der Waals surface area contributed by atoms with Crippen molar-refractivity contribution < 1.29 is 9.59 Å². The molecule has 0 aliphatic heterocycles. The van der Waals surface area contributed by atoms with Gasteiger partial charge in [-0.25, -0.2) is 4.98 Å². The van der Waals surface area contributed by atoms with Gasteiger partial charge in [-0.05, 0) is 6.92 Å². The van der Waals surface area contributed by atoms with Gasteiger partial charge < -0.3 is 9.88 Å². The maximum atomic E-state index is 11.3. The van der Waals surface area contributed by atoms with Gasteiger partial charge in [-0.3, -0.25) is 9.59 Å². The van der Waals surface area contributed by atoms with Crippen LogP contribution in [0, 0.1) is 0 Å². The van der Waals surface area contributed by atoms with E-state index in [0.29, 0.717) is 6.42 Å². The third-order valence-electron chi connectivity index (χ3n) is 2.18. The Hall–Kier alpha value is -1.65. The van der Waals surface area contributed by atoms with Crippen LogP contribution >= 0.6 is 0 Å². The molecule has 1 amide bonds. The van der Waals surface area contributed by atoms with Crippen molar-refractivity contribution in [2.24, 2.45) is 7.05 Å². The predicted octanol–water partition coefficient (Wildman–Crippen LogP) is 0.0563. The van der Waals surface area contributed by atoms with Crippen LogP contribution in [0.3, 0.4) is 0 Å². The van der Waals surface area contributed by atoms with E-state index in [9.17, 15) is 9.59 Å². The number of amides is 1. The van der Waals surface area contributed by atoms with Gasteiger partial charge >= 0.3 is 0 Å². The first-order valence-electron chi connectivity index (χ1n) is 4.74. The van der Waals surface area contributed by atoms with Crippen LogP contribution in [0.15, 0.2) is 12.4 Å². The number of hydrogen-bond donors (Lipinski definition) is 1. The number of carbonyl (C=O) groups is 2. The summed E-state index contributed by atoms with van der Waals surface area (Å²) >= 11 is 0. The summed E-state index contributed by atoms with van der Waals surface area (Å²) in [6.45, 7) is 2.86. The van der Waals surface area contributed by atoms with E-state index in [-0.39, 0.29) is 11.7 Å². The van der Waals surface area contributed by atoms with Crippen LogP contribution in [0.25, 0.3) is 0 Å². The third kappa shape index (κ3) is 3.19. The van der Waals surface area contributed by atoms with E-state index in [1.807, 2.05) is 11.6 Å². The Bertz CT molecular complexity index is 370. The Morgan fingerprint density at radius 3 is 2.60 bits per heavy atom.